The van der Waals surface area contributed by atoms with Crippen molar-refractivity contribution in [3.8, 4) is 0 Å². The number of rotatable bonds is 4. The summed E-state index contributed by atoms with van der Waals surface area (Å²) in [4.78, 5) is 2.35. The van der Waals surface area contributed by atoms with Gasteiger partial charge in [0.2, 0.25) is 0 Å². The van der Waals surface area contributed by atoms with Crippen molar-refractivity contribution >= 4 is 23.0 Å². The Morgan fingerprint density at radius 1 is 0.947 bits per heavy atom. The van der Waals surface area contributed by atoms with E-state index in [0.717, 1.165) is 6.54 Å². The molecule has 0 aliphatic rings. The molecule has 2 heteroatoms. The molecule has 0 radical (unpaired) electrons. The number of hydrogen-bond acceptors (Lipinski definition) is 1. The Hall–Kier alpha value is -1.47. The minimum Gasteiger partial charge on any atom is -0.341 e. The van der Waals surface area contributed by atoms with Crippen LogP contribution in [-0.2, 0) is 5.88 Å². The third kappa shape index (κ3) is 2.93. The first-order chi connectivity index (χ1) is 9.17. The average Bonchev–Trinajstić information content (AvgIpc) is 2.43. The van der Waals surface area contributed by atoms with Crippen molar-refractivity contribution < 1.29 is 0 Å². The molecule has 0 saturated carbocycles. The summed E-state index contributed by atoms with van der Waals surface area (Å²) < 4.78 is 0. The van der Waals surface area contributed by atoms with E-state index in [-0.39, 0.29) is 0 Å². The van der Waals surface area contributed by atoms with Gasteiger partial charge in [-0.05, 0) is 49.6 Å². The second-order valence-corrected chi connectivity index (χ2v) is 5.05. The summed E-state index contributed by atoms with van der Waals surface area (Å²) in [7, 11) is 0. The van der Waals surface area contributed by atoms with E-state index in [9.17, 15) is 0 Å². The van der Waals surface area contributed by atoms with Crippen molar-refractivity contribution in [1.29, 1.82) is 0 Å². The van der Waals surface area contributed by atoms with Crippen LogP contribution in [0.25, 0.3) is 0 Å². The number of hydrogen-bond donors (Lipinski definition) is 0. The molecular weight excluding hydrogens is 254 g/mol. The summed E-state index contributed by atoms with van der Waals surface area (Å²) in [5.41, 5.74) is 6.26. The van der Waals surface area contributed by atoms with Crippen LogP contribution >= 0.6 is 11.6 Å². The Morgan fingerprint density at radius 2 is 1.63 bits per heavy atom. The van der Waals surface area contributed by atoms with Crippen molar-refractivity contribution in [1.82, 2.24) is 0 Å². The van der Waals surface area contributed by atoms with Gasteiger partial charge in [0.15, 0.2) is 0 Å². The van der Waals surface area contributed by atoms with E-state index in [1.165, 1.54) is 28.1 Å². The molecular formula is C17H20ClN. The fraction of sp³-hybridized carbons (Fsp3) is 0.294. The number of nitrogens with zero attached hydrogens (tertiary/aromatic N) is 1. The summed E-state index contributed by atoms with van der Waals surface area (Å²) >= 11 is 5.89. The summed E-state index contributed by atoms with van der Waals surface area (Å²) in [6.45, 7) is 7.43. The maximum absolute atomic E-state index is 5.89. The quantitative estimate of drug-likeness (QED) is 0.692. The smallest absolute Gasteiger partial charge is 0.0474 e. The Morgan fingerprint density at radius 3 is 2.21 bits per heavy atom. The highest BCUT2D eigenvalue weighted by molar-refractivity contribution is 6.17. The molecule has 0 N–H and O–H groups in total. The molecule has 2 aromatic carbocycles. The predicted molar refractivity (Wildman–Crippen MR) is 84.6 cm³/mol. The number of para-hydroxylation sites is 1. The van der Waals surface area contributed by atoms with Gasteiger partial charge in [0.25, 0.3) is 0 Å². The highest BCUT2D eigenvalue weighted by atomic mass is 35.5. The molecule has 2 rings (SSSR count). The fourth-order valence-electron chi connectivity index (χ4n) is 2.44. The largest absolute Gasteiger partial charge is 0.341 e. The van der Waals surface area contributed by atoms with Crippen molar-refractivity contribution in [2.24, 2.45) is 0 Å². The van der Waals surface area contributed by atoms with E-state index in [0.29, 0.717) is 5.88 Å². The van der Waals surface area contributed by atoms with Gasteiger partial charge in [-0.3, -0.25) is 0 Å². The standard InChI is InChI=1S/C17H20ClN/c1-4-19(16-8-6-5-7-13(16)2)17-10-9-15(12-18)11-14(17)3/h5-11H,4,12H2,1-3H3. The molecule has 0 unspecified atom stereocenters. The first-order valence-electron chi connectivity index (χ1n) is 6.66. The van der Waals surface area contributed by atoms with E-state index >= 15 is 0 Å². The molecule has 0 spiro atoms. The zero-order valence-corrected chi connectivity index (χ0v) is 12.5. The van der Waals surface area contributed by atoms with Crippen LogP contribution in [0.15, 0.2) is 42.5 Å². The molecule has 1 nitrogen and oxygen atoms in total. The molecule has 0 aromatic heterocycles. The van der Waals surface area contributed by atoms with Crippen molar-refractivity contribution in [2.75, 3.05) is 11.4 Å². The van der Waals surface area contributed by atoms with Gasteiger partial charge in [0, 0.05) is 23.8 Å². The molecule has 0 atom stereocenters. The molecule has 0 aliphatic heterocycles. The van der Waals surface area contributed by atoms with Crippen molar-refractivity contribution in [3.63, 3.8) is 0 Å². The van der Waals surface area contributed by atoms with Gasteiger partial charge < -0.3 is 4.90 Å². The summed E-state index contributed by atoms with van der Waals surface area (Å²) in [5.74, 6) is 0.567. The minimum absolute atomic E-state index is 0.567. The van der Waals surface area contributed by atoms with Crippen LogP contribution < -0.4 is 4.90 Å². The lowest BCUT2D eigenvalue weighted by molar-refractivity contribution is 1.01. The van der Waals surface area contributed by atoms with Crippen molar-refractivity contribution in [3.05, 3.63) is 59.2 Å². The number of halogens is 1. The lowest BCUT2D eigenvalue weighted by Gasteiger charge is -2.27. The summed E-state index contributed by atoms with van der Waals surface area (Å²) in [6.07, 6.45) is 0. The average molecular weight is 274 g/mol. The Balaban J connectivity index is 2.46. The Kier molecular flexibility index (Phi) is 4.49. The molecule has 19 heavy (non-hydrogen) atoms. The molecule has 0 saturated heterocycles. The van der Waals surface area contributed by atoms with Crippen LogP contribution in [-0.4, -0.2) is 6.54 Å². The van der Waals surface area contributed by atoms with E-state index in [1.807, 2.05) is 0 Å². The Labute approximate surface area is 120 Å². The molecule has 0 bridgehead atoms. The van der Waals surface area contributed by atoms with Crippen LogP contribution in [0, 0.1) is 13.8 Å². The predicted octanol–water partition coefficient (Wildman–Crippen LogP) is 5.20. The van der Waals surface area contributed by atoms with E-state index in [2.05, 4.69) is 68.1 Å². The monoisotopic (exact) mass is 273 g/mol. The van der Waals surface area contributed by atoms with Gasteiger partial charge in [-0.15, -0.1) is 11.6 Å². The van der Waals surface area contributed by atoms with Crippen LogP contribution in [0.5, 0.6) is 0 Å². The highest BCUT2D eigenvalue weighted by Gasteiger charge is 2.11. The third-order valence-corrected chi connectivity index (χ3v) is 3.74. The number of anilines is 2. The molecule has 0 fully saturated rings. The van der Waals surface area contributed by atoms with Gasteiger partial charge in [-0.1, -0.05) is 30.3 Å². The van der Waals surface area contributed by atoms with Crippen LogP contribution in [0.4, 0.5) is 11.4 Å². The molecule has 100 valence electrons. The first-order valence-corrected chi connectivity index (χ1v) is 7.19. The molecule has 0 heterocycles. The second-order valence-electron chi connectivity index (χ2n) is 4.79. The van der Waals surface area contributed by atoms with E-state index in [1.54, 1.807) is 0 Å². The van der Waals surface area contributed by atoms with Gasteiger partial charge in [-0.25, -0.2) is 0 Å². The van der Waals surface area contributed by atoms with Gasteiger partial charge >= 0.3 is 0 Å². The maximum Gasteiger partial charge on any atom is 0.0474 e. The highest BCUT2D eigenvalue weighted by Crippen LogP contribution is 2.31. The third-order valence-electron chi connectivity index (χ3n) is 3.43. The number of aryl methyl sites for hydroxylation is 2. The zero-order chi connectivity index (χ0) is 13.8. The van der Waals surface area contributed by atoms with Crippen LogP contribution in [0.3, 0.4) is 0 Å². The van der Waals surface area contributed by atoms with Crippen LogP contribution in [0.2, 0.25) is 0 Å². The van der Waals surface area contributed by atoms with Crippen molar-refractivity contribution in [2.45, 2.75) is 26.7 Å². The molecule has 0 amide bonds. The second kappa shape index (κ2) is 6.12. The first kappa shape index (κ1) is 14.0. The molecule has 0 aliphatic carbocycles. The van der Waals surface area contributed by atoms with E-state index in [4.69, 9.17) is 11.6 Å². The maximum atomic E-state index is 5.89. The van der Waals surface area contributed by atoms with Gasteiger partial charge in [-0.2, -0.15) is 0 Å². The topological polar surface area (TPSA) is 3.24 Å². The van der Waals surface area contributed by atoms with Gasteiger partial charge in [0.05, 0.1) is 0 Å². The van der Waals surface area contributed by atoms with Gasteiger partial charge in [0.1, 0.15) is 0 Å². The Bertz CT molecular complexity index is 563. The minimum atomic E-state index is 0.567. The zero-order valence-electron chi connectivity index (χ0n) is 11.8. The lowest BCUT2D eigenvalue weighted by atomic mass is 10.1. The van der Waals surface area contributed by atoms with E-state index < -0.39 is 0 Å². The SMILES string of the molecule is CCN(c1ccccc1C)c1ccc(CCl)cc1C. The summed E-state index contributed by atoms with van der Waals surface area (Å²) in [5, 5.41) is 0. The number of benzene rings is 2. The summed E-state index contributed by atoms with van der Waals surface area (Å²) in [6, 6.07) is 14.9. The molecule has 2 aromatic rings. The normalized spacial score (nSPS) is 10.5. The lowest BCUT2D eigenvalue weighted by Crippen LogP contribution is -2.18. The van der Waals surface area contributed by atoms with Crippen LogP contribution in [0.1, 0.15) is 23.6 Å². The fourth-order valence-corrected chi connectivity index (χ4v) is 2.61. The number of alkyl halides is 1.